The first kappa shape index (κ1) is 20.3. The van der Waals surface area contributed by atoms with E-state index in [0.717, 1.165) is 5.69 Å². The van der Waals surface area contributed by atoms with E-state index in [1.165, 1.54) is 5.56 Å². The molecular weight excluding hydrogens is 342 g/mol. The lowest BCUT2D eigenvalue weighted by molar-refractivity contribution is -0.116. The second kappa shape index (κ2) is 9.07. The van der Waals surface area contributed by atoms with Crippen LogP contribution >= 0.6 is 0 Å². The Morgan fingerprint density at radius 3 is 2.00 bits per heavy atom. The van der Waals surface area contributed by atoms with Crippen LogP contribution in [-0.2, 0) is 10.2 Å². The number of hydrogen-bond acceptors (Lipinski definition) is 3. The molecule has 27 heavy (non-hydrogen) atoms. The van der Waals surface area contributed by atoms with Crippen LogP contribution in [0.5, 0.6) is 5.75 Å². The fourth-order valence-corrected chi connectivity index (χ4v) is 2.42. The van der Waals surface area contributed by atoms with Crippen molar-refractivity contribution in [3.8, 4) is 5.75 Å². The maximum Gasteiger partial charge on any atom is 0.319 e. The van der Waals surface area contributed by atoms with Crippen LogP contribution in [0.25, 0.3) is 0 Å². The molecule has 0 aliphatic carbocycles. The van der Waals surface area contributed by atoms with Crippen LogP contribution in [0.3, 0.4) is 0 Å². The Kier molecular flexibility index (Phi) is 6.82. The molecule has 0 saturated heterocycles. The Morgan fingerprint density at radius 2 is 1.44 bits per heavy atom. The molecule has 144 valence electrons. The van der Waals surface area contributed by atoms with Crippen molar-refractivity contribution in [1.29, 1.82) is 0 Å². The highest BCUT2D eigenvalue weighted by Crippen LogP contribution is 2.23. The molecule has 0 aliphatic heterocycles. The van der Waals surface area contributed by atoms with E-state index in [0.29, 0.717) is 11.4 Å². The minimum atomic E-state index is -0.359. The van der Waals surface area contributed by atoms with E-state index >= 15 is 0 Å². The Labute approximate surface area is 160 Å². The summed E-state index contributed by atoms with van der Waals surface area (Å²) in [5.74, 6) is 0.566. The average Bonchev–Trinajstić information content (AvgIpc) is 2.62. The number of urea groups is 1. The molecule has 2 aromatic rings. The Balaban J connectivity index is 1.72. The molecule has 0 saturated carbocycles. The van der Waals surface area contributed by atoms with Gasteiger partial charge in [-0.05, 0) is 47.4 Å². The topological polar surface area (TPSA) is 79.5 Å². The van der Waals surface area contributed by atoms with Gasteiger partial charge in [0.15, 0.2) is 0 Å². The van der Waals surface area contributed by atoms with Gasteiger partial charge in [-0.25, -0.2) is 4.79 Å². The molecule has 0 heterocycles. The summed E-state index contributed by atoms with van der Waals surface area (Å²) in [6.07, 6.45) is 0.192. The molecule has 2 aromatic carbocycles. The maximum atomic E-state index is 12.0. The van der Waals surface area contributed by atoms with E-state index in [1.807, 2.05) is 24.3 Å². The van der Waals surface area contributed by atoms with Crippen LogP contribution in [0, 0.1) is 0 Å². The van der Waals surface area contributed by atoms with Gasteiger partial charge in [0.05, 0.1) is 7.11 Å². The van der Waals surface area contributed by atoms with Crippen molar-refractivity contribution in [1.82, 2.24) is 5.32 Å². The second-order valence-electron chi connectivity index (χ2n) is 7.23. The third-order valence-corrected chi connectivity index (χ3v) is 4.02. The minimum absolute atomic E-state index is 0.0731. The number of ether oxygens (including phenoxy) is 1. The molecule has 0 spiro atoms. The van der Waals surface area contributed by atoms with Gasteiger partial charge in [-0.1, -0.05) is 32.9 Å². The van der Waals surface area contributed by atoms with Gasteiger partial charge in [0.25, 0.3) is 0 Å². The molecule has 0 aliphatic rings. The lowest BCUT2D eigenvalue weighted by Crippen LogP contribution is -2.31. The van der Waals surface area contributed by atoms with Gasteiger partial charge >= 0.3 is 6.03 Å². The fourth-order valence-electron chi connectivity index (χ4n) is 2.42. The van der Waals surface area contributed by atoms with Crippen LogP contribution < -0.4 is 20.7 Å². The number of anilines is 2. The van der Waals surface area contributed by atoms with Gasteiger partial charge < -0.3 is 20.7 Å². The maximum absolute atomic E-state index is 12.0. The summed E-state index contributed by atoms with van der Waals surface area (Å²) in [7, 11) is 1.58. The first-order valence-electron chi connectivity index (χ1n) is 8.87. The third-order valence-electron chi connectivity index (χ3n) is 4.02. The van der Waals surface area contributed by atoms with E-state index in [1.54, 1.807) is 31.4 Å². The first-order chi connectivity index (χ1) is 12.8. The fraction of sp³-hybridized carbons (Fsp3) is 0.333. The Bertz CT molecular complexity index is 763. The van der Waals surface area contributed by atoms with Crippen molar-refractivity contribution in [2.75, 3.05) is 24.3 Å². The normalized spacial score (nSPS) is 10.8. The number of carbonyl (C=O) groups excluding carboxylic acids is 2. The SMILES string of the molecule is COc1ccc(NC(=O)NCCC(=O)Nc2ccc(C(C)(C)C)cc2)cc1. The number of amides is 3. The number of nitrogens with one attached hydrogen (secondary N) is 3. The molecule has 0 unspecified atom stereocenters. The molecule has 0 fully saturated rings. The van der Waals surface area contributed by atoms with Gasteiger partial charge in [-0.15, -0.1) is 0 Å². The van der Waals surface area contributed by atoms with Crippen LogP contribution in [0.15, 0.2) is 48.5 Å². The number of carbonyl (C=O) groups is 2. The molecule has 2 rings (SSSR count). The number of benzene rings is 2. The minimum Gasteiger partial charge on any atom is -0.497 e. The zero-order chi connectivity index (χ0) is 19.9. The van der Waals surface area contributed by atoms with Crippen molar-refractivity contribution in [2.24, 2.45) is 0 Å². The predicted octanol–water partition coefficient (Wildman–Crippen LogP) is 4.14. The Hall–Kier alpha value is -3.02. The molecule has 0 aromatic heterocycles. The third kappa shape index (κ3) is 6.66. The van der Waals surface area contributed by atoms with E-state index in [4.69, 9.17) is 4.74 Å². The first-order valence-corrected chi connectivity index (χ1v) is 8.87. The zero-order valence-electron chi connectivity index (χ0n) is 16.3. The lowest BCUT2D eigenvalue weighted by atomic mass is 9.87. The van der Waals surface area contributed by atoms with Crippen LogP contribution in [0.4, 0.5) is 16.2 Å². The summed E-state index contributed by atoms with van der Waals surface area (Å²) in [4.78, 5) is 23.9. The number of rotatable bonds is 6. The van der Waals surface area contributed by atoms with Crippen LogP contribution in [0.1, 0.15) is 32.8 Å². The van der Waals surface area contributed by atoms with Gasteiger partial charge in [0.2, 0.25) is 5.91 Å². The van der Waals surface area contributed by atoms with E-state index in [-0.39, 0.29) is 30.3 Å². The van der Waals surface area contributed by atoms with Crippen molar-refractivity contribution < 1.29 is 14.3 Å². The smallest absolute Gasteiger partial charge is 0.319 e. The molecule has 6 heteroatoms. The Morgan fingerprint density at radius 1 is 0.889 bits per heavy atom. The van der Waals surface area contributed by atoms with Gasteiger partial charge in [-0.3, -0.25) is 4.79 Å². The van der Waals surface area contributed by atoms with Crippen molar-refractivity contribution >= 4 is 23.3 Å². The number of methoxy groups -OCH3 is 1. The molecule has 6 nitrogen and oxygen atoms in total. The molecule has 0 atom stereocenters. The van der Waals surface area contributed by atoms with E-state index in [9.17, 15) is 9.59 Å². The quantitative estimate of drug-likeness (QED) is 0.716. The lowest BCUT2D eigenvalue weighted by Gasteiger charge is -2.19. The highest BCUT2D eigenvalue weighted by atomic mass is 16.5. The average molecular weight is 369 g/mol. The van der Waals surface area contributed by atoms with Crippen molar-refractivity contribution in [2.45, 2.75) is 32.6 Å². The van der Waals surface area contributed by atoms with Crippen LogP contribution in [-0.4, -0.2) is 25.6 Å². The monoisotopic (exact) mass is 369 g/mol. The predicted molar refractivity (Wildman–Crippen MR) is 108 cm³/mol. The zero-order valence-corrected chi connectivity index (χ0v) is 16.3. The van der Waals surface area contributed by atoms with E-state index < -0.39 is 0 Å². The highest BCUT2D eigenvalue weighted by Gasteiger charge is 2.13. The van der Waals surface area contributed by atoms with Gasteiger partial charge in [0.1, 0.15) is 5.75 Å². The standard InChI is InChI=1S/C21H27N3O3/c1-21(2,3)15-5-7-16(8-6-15)23-19(25)13-14-22-20(26)24-17-9-11-18(27-4)12-10-17/h5-12H,13-14H2,1-4H3,(H,23,25)(H2,22,24,26). The molecule has 3 N–H and O–H groups in total. The van der Waals surface area contributed by atoms with Crippen LogP contribution in [0.2, 0.25) is 0 Å². The second-order valence-corrected chi connectivity index (χ2v) is 7.23. The summed E-state index contributed by atoms with van der Waals surface area (Å²) in [5.41, 5.74) is 2.67. The molecule has 0 bridgehead atoms. The molecule has 0 radical (unpaired) electrons. The summed E-state index contributed by atoms with van der Waals surface area (Å²) >= 11 is 0. The van der Waals surface area contributed by atoms with Gasteiger partial charge in [-0.2, -0.15) is 0 Å². The number of hydrogen-bond donors (Lipinski definition) is 3. The molecular formula is C21H27N3O3. The molecule has 3 amide bonds. The van der Waals surface area contributed by atoms with Crippen molar-refractivity contribution in [3.63, 3.8) is 0 Å². The highest BCUT2D eigenvalue weighted by molar-refractivity contribution is 5.92. The van der Waals surface area contributed by atoms with Gasteiger partial charge in [0, 0.05) is 24.3 Å². The van der Waals surface area contributed by atoms with E-state index in [2.05, 4.69) is 36.7 Å². The summed E-state index contributed by atoms with van der Waals surface area (Å²) in [6.45, 7) is 6.67. The summed E-state index contributed by atoms with van der Waals surface area (Å²) in [6, 6.07) is 14.4. The summed E-state index contributed by atoms with van der Waals surface area (Å²) in [5, 5.41) is 8.20. The largest absolute Gasteiger partial charge is 0.497 e. The van der Waals surface area contributed by atoms with Crippen molar-refractivity contribution in [3.05, 3.63) is 54.1 Å². The summed E-state index contributed by atoms with van der Waals surface area (Å²) < 4.78 is 5.06.